The molecule has 0 aliphatic heterocycles. The molecule has 2 rings (SSSR count). The first-order valence-electron chi connectivity index (χ1n) is 5.07. The van der Waals surface area contributed by atoms with Crippen LogP contribution in [0.4, 0.5) is 14.5 Å². The van der Waals surface area contributed by atoms with Crippen LogP contribution in [0.2, 0.25) is 0 Å². The number of benzene rings is 2. The lowest BCUT2D eigenvalue weighted by Crippen LogP contribution is -1.97. The maximum Gasteiger partial charge on any atom is 0.149 e. The van der Waals surface area contributed by atoms with Gasteiger partial charge in [0.25, 0.3) is 0 Å². The van der Waals surface area contributed by atoms with E-state index in [1.165, 1.54) is 24.3 Å². The van der Waals surface area contributed by atoms with Crippen LogP contribution in [0.1, 0.15) is 5.56 Å². The number of halogens is 3. The molecule has 0 heterocycles. The third kappa shape index (κ3) is 3.60. The van der Waals surface area contributed by atoms with Crippen LogP contribution in [0.3, 0.4) is 0 Å². The van der Waals surface area contributed by atoms with Gasteiger partial charge in [-0.05, 0) is 29.8 Å². The van der Waals surface area contributed by atoms with E-state index in [4.69, 9.17) is 10.5 Å². The number of hydrogen-bond donors (Lipinski definition) is 1. The summed E-state index contributed by atoms with van der Waals surface area (Å²) in [7, 11) is 0. The molecule has 0 aromatic heterocycles. The van der Waals surface area contributed by atoms with E-state index in [1.54, 1.807) is 18.2 Å². The average molecular weight is 272 g/mol. The molecule has 0 radical (unpaired) electrons. The summed E-state index contributed by atoms with van der Waals surface area (Å²) in [5, 5.41) is 0. The van der Waals surface area contributed by atoms with Gasteiger partial charge >= 0.3 is 0 Å². The van der Waals surface area contributed by atoms with Gasteiger partial charge < -0.3 is 10.5 Å². The number of anilines is 1. The van der Waals surface area contributed by atoms with E-state index in [9.17, 15) is 8.78 Å². The van der Waals surface area contributed by atoms with Crippen molar-refractivity contribution in [1.82, 2.24) is 0 Å². The maximum absolute atomic E-state index is 13.1. The Hall–Kier alpha value is -1.81. The monoisotopic (exact) mass is 271 g/mol. The second-order valence-electron chi connectivity index (χ2n) is 3.60. The molecule has 96 valence electrons. The van der Waals surface area contributed by atoms with Gasteiger partial charge in [-0.25, -0.2) is 8.78 Å². The predicted molar refractivity (Wildman–Crippen MR) is 68.8 cm³/mol. The Bertz CT molecular complexity index is 534. The summed E-state index contributed by atoms with van der Waals surface area (Å²) in [6.45, 7) is 0.182. The van der Waals surface area contributed by atoms with E-state index in [1.807, 2.05) is 0 Å². The molecule has 0 saturated carbocycles. The van der Waals surface area contributed by atoms with Crippen molar-refractivity contribution in [1.29, 1.82) is 0 Å². The maximum atomic E-state index is 13.1. The molecular weight excluding hydrogens is 260 g/mol. The normalized spacial score (nSPS) is 9.67. The van der Waals surface area contributed by atoms with Crippen molar-refractivity contribution in [2.45, 2.75) is 6.61 Å². The second-order valence-corrected chi connectivity index (χ2v) is 3.60. The van der Waals surface area contributed by atoms with Gasteiger partial charge in [0, 0.05) is 6.07 Å². The van der Waals surface area contributed by atoms with Gasteiger partial charge in [-0.1, -0.05) is 12.1 Å². The van der Waals surface area contributed by atoms with Gasteiger partial charge in [0.05, 0.1) is 5.69 Å². The quantitative estimate of drug-likeness (QED) is 0.867. The highest BCUT2D eigenvalue weighted by Gasteiger charge is 2.01. The minimum absolute atomic E-state index is 0. The Morgan fingerprint density at radius 1 is 1.06 bits per heavy atom. The fourth-order valence-corrected chi connectivity index (χ4v) is 1.39. The lowest BCUT2D eigenvalue weighted by Gasteiger charge is -2.07. The molecule has 0 bridgehead atoms. The van der Waals surface area contributed by atoms with Gasteiger partial charge in [0.2, 0.25) is 0 Å². The fourth-order valence-electron chi connectivity index (χ4n) is 1.39. The Labute approximate surface area is 110 Å². The zero-order valence-electron chi connectivity index (χ0n) is 9.40. The van der Waals surface area contributed by atoms with Crippen molar-refractivity contribution >= 4 is 18.1 Å². The summed E-state index contributed by atoms with van der Waals surface area (Å²) in [4.78, 5) is 0. The fraction of sp³-hybridized carbons (Fsp3) is 0.0769. The predicted octanol–water partition coefficient (Wildman–Crippen LogP) is 3.55. The summed E-state index contributed by atoms with van der Waals surface area (Å²) in [6.07, 6.45) is 0. The minimum atomic E-state index is -0.526. The summed E-state index contributed by atoms with van der Waals surface area (Å²) >= 11 is 0. The van der Waals surface area contributed by atoms with Gasteiger partial charge in [-0.3, -0.25) is 0 Å². The first-order valence-corrected chi connectivity index (χ1v) is 5.07. The van der Waals surface area contributed by atoms with Crippen LogP contribution in [0.25, 0.3) is 0 Å². The van der Waals surface area contributed by atoms with Crippen LogP contribution in [0.15, 0.2) is 42.5 Å². The molecule has 5 heteroatoms. The number of ether oxygens (including phenoxy) is 1. The molecular formula is C13H12ClF2NO. The van der Waals surface area contributed by atoms with E-state index in [0.29, 0.717) is 11.3 Å². The van der Waals surface area contributed by atoms with Crippen molar-refractivity contribution < 1.29 is 13.5 Å². The zero-order valence-corrected chi connectivity index (χ0v) is 10.2. The third-order valence-electron chi connectivity index (χ3n) is 2.27. The molecule has 0 aliphatic rings. The minimum Gasteiger partial charge on any atom is -0.489 e. The Kier molecular flexibility index (Phi) is 4.92. The third-order valence-corrected chi connectivity index (χ3v) is 2.27. The average Bonchev–Trinajstić information content (AvgIpc) is 2.31. The SMILES string of the molecule is Cl.Nc1ccc(OCc2cccc(F)c2)cc1F. The molecule has 0 saturated heterocycles. The van der Waals surface area contributed by atoms with Crippen molar-refractivity contribution in [3.8, 4) is 5.75 Å². The van der Waals surface area contributed by atoms with E-state index < -0.39 is 5.82 Å². The molecule has 2 nitrogen and oxygen atoms in total. The van der Waals surface area contributed by atoms with Gasteiger partial charge in [0.15, 0.2) is 0 Å². The first-order chi connectivity index (χ1) is 8.15. The highest BCUT2D eigenvalue weighted by Crippen LogP contribution is 2.19. The molecule has 0 spiro atoms. The van der Waals surface area contributed by atoms with E-state index in [0.717, 1.165) is 0 Å². The number of hydrogen-bond acceptors (Lipinski definition) is 2. The number of rotatable bonds is 3. The van der Waals surface area contributed by atoms with Crippen LogP contribution in [0.5, 0.6) is 5.75 Å². The Morgan fingerprint density at radius 2 is 1.83 bits per heavy atom. The van der Waals surface area contributed by atoms with Crippen LogP contribution in [0, 0.1) is 11.6 Å². The van der Waals surface area contributed by atoms with Crippen LogP contribution >= 0.6 is 12.4 Å². The van der Waals surface area contributed by atoms with Gasteiger partial charge in [-0.15, -0.1) is 12.4 Å². The number of nitrogen functional groups attached to an aromatic ring is 1. The molecule has 0 unspecified atom stereocenters. The molecule has 2 N–H and O–H groups in total. The molecule has 2 aromatic carbocycles. The Morgan fingerprint density at radius 3 is 2.50 bits per heavy atom. The van der Waals surface area contributed by atoms with E-state index in [2.05, 4.69) is 0 Å². The highest BCUT2D eigenvalue weighted by molar-refractivity contribution is 5.85. The van der Waals surface area contributed by atoms with Crippen LogP contribution in [-0.2, 0) is 6.61 Å². The zero-order chi connectivity index (χ0) is 12.3. The molecule has 0 atom stereocenters. The smallest absolute Gasteiger partial charge is 0.149 e. The van der Waals surface area contributed by atoms with E-state index >= 15 is 0 Å². The van der Waals surface area contributed by atoms with E-state index in [-0.39, 0.29) is 30.5 Å². The van der Waals surface area contributed by atoms with Gasteiger partial charge in [-0.2, -0.15) is 0 Å². The second kappa shape index (κ2) is 6.21. The number of nitrogens with two attached hydrogens (primary N) is 1. The van der Waals surface area contributed by atoms with Crippen molar-refractivity contribution in [3.05, 3.63) is 59.7 Å². The summed E-state index contributed by atoms with van der Waals surface area (Å²) in [5.74, 6) is -0.489. The summed E-state index contributed by atoms with van der Waals surface area (Å²) in [6, 6.07) is 10.2. The van der Waals surface area contributed by atoms with Crippen molar-refractivity contribution in [3.63, 3.8) is 0 Å². The van der Waals surface area contributed by atoms with Gasteiger partial charge in [0.1, 0.15) is 24.0 Å². The van der Waals surface area contributed by atoms with Crippen molar-refractivity contribution in [2.75, 3.05) is 5.73 Å². The molecule has 18 heavy (non-hydrogen) atoms. The highest BCUT2D eigenvalue weighted by atomic mass is 35.5. The molecule has 0 amide bonds. The molecule has 0 fully saturated rings. The topological polar surface area (TPSA) is 35.2 Å². The standard InChI is InChI=1S/C13H11F2NO.ClH/c14-10-3-1-2-9(6-10)8-17-11-4-5-13(16)12(15)7-11;/h1-7H,8,16H2;1H. The summed E-state index contributed by atoms with van der Waals surface area (Å²) < 4.78 is 31.3. The van der Waals surface area contributed by atoms with Crippen LogP contribution in [-0.4, -0.2) is 0 Å². The van der Waals surface area contributed by atoms with Crippen LogP contribution < -0.4 is 10.5 Å². The molecule has 0 aliphatic carbocycles. The largest absolute Gasteiger partial charge is 0.489 e. The lowest BCUT2D eigenvalue weighted by atomic mass is 10.2. The Balaban J connectivity index is 0.00000162. The van der Waals surface area contributed by atoms with Crippen molar-refractivity contribution in [2.24, 2.45) is 0 Å². The first kappa shape index (κ1) is 14.3. The summed E-state index contributed by atoms with van der Waals surface area (Å²) in [5.41, 5.74) is 6.09. The lowest BCUT2D eigenvalue weighted by molar-refractivity contribution is 0.304. The molecule has 2 aromatic rings.